The average Bonchev–Trinajstić information content (AvgIpc) is 2.97. The lowest BCUT2D eigenvalue weighted by molar-refractivity contribution is -0.137. The van der Waals surface area contributed by atoms with E-state index in [0.717, 1.165) is 0 Å². The van der Waals surface area contributed by atoms with Crippen LogP contribution in [-0.4, -0.2) is 47.9 Å². The van der Waals surface area contributed by atoms with Gasteiger partial charge in [0.2, 0.25) is 0 Å². The molecule has 1 heterocycles. The van der Waals surface area contributed by atoms with Gasteiger partial charge in [0, 0.05) is 17.5 Å². The number of ether oxygens (including phenoxy) is 3. The van der Waals surface area contributed by atoms with Crippen molar-refractivity contribution in [3.63, 3.8) is 0 Å². The molecule has 0 radical (unpaired) electrons. The van der Waals surface area contributed by atoms with E-state index in [1.807, 2.05) is 20.8 Å². The van der Waals surface area contributed by atoms with E-state index >= 15 is 0 Å². The van der Waals surface area contributed by atoms with Gasteiger partial charge in [-0.15, -0.1) is 0 Å². The predicted molar refractivity (Wildman–Crippen MR) is 103 cm³/mol. The van der Waals surface area contributed by atoms with Crippen LogP contribution in [0.4, 0.5) is 4.79 Å². The van der Waals surface area contributed by atoms with E-state index in [-0.39, 0.29) is 12.1 Å². The Balaban J connectivity index is 2.10. The fourth-order valence-electron chi connectivity index (χ4n) is 2.71. The second-order valence-electron chi connectivity index (χ2n) is 7.24. The van der Waals surface area contributed by atoms with Crippen LogP contribution in [0, 0.1) is 0 Å². The molecule has 0 spiro atoms. The number of likely N-dealkylation sites (tertiary alicyclic amines) is 1. The molecule has 0 aromatic heterocycles. The first kappa shape index (κ1) is 21.1. The van der Waals surface area contributed by atoms with Gasteiger partial charge in [-0.2, -0.15) is 0 Å². The molecule has 2 rings (SSSR count). The summed E-state index contributed by atoms with van der Waals surface area (Å²) in [5.41, 5.74) is -0.610. The number of carbonyl (C=O) groups excluding carboxylic acids is 2. The van der Waals surface area contributed by atoms with Crippen LogP contribution in [0.5, 0.6) is 5.75 Å². The maximum atomic E-state index is 12.6. The average molecular weight is 396 g/mol. The molecule has 6 nitrogen and oxygen atoms in total. The molecule has 0 saturated carbocycles. The molecule has 1 amide bonds. The van der Waals surface area contributed by atoms with Crippen LogP contribution < -0.4 is 4.74 Å². The van der Waals surface area contributed by atoms with Gasteiger partial charge < -0.3 is 14.2 Å². The second-order valence-corrected chi connectivity index (χ2v) is 7.68. The smallest absolute Gasteiger partial charge is 0.410 e. The number of halogens is 1. The third kappa shape index (κ3) is 6.79. The molecular weight excluding hydrogens is 370 g/mol. The first-order chi connectivity index (χ1) is 12.7. The number of esters is 1. The molecule has 1 aromatic carbocycles. The van der Waals surface area contributed by atoms with Crippen molar-refractivity contribution in [1.82, 2.24) is 4.90 Å². The van der Waals surface area contributed by atoms with Crippen molar-refractivity contribution >= 4 is 23.7 Å². The van der Waals surface area contributed by atoms with Crippen LogP contribution in [0.25, 0.3) is 0 Å². The molecule has 0 aliphatic carbocycles. The molecule has 0 N–H and O–H groups in total. The van der Waals surface area contributed by atoms with E-state index in [1.165, 1.54) is 6.08 Å². The van der Waals surface area contributed by atoms with E-state index in [4.69, 9.17) is 25.8 Å². The summed E-state index contributed by atoms with van der Waals surface area (Å²) < 4.78 is 16.4. The molecule has 27 heavy (non-hydrogen) atoms. The highest BCUT2D eigenvalue weighted by Crippen LogP contribution is 2.26. The highest BCUT2D eigenvalue weighted by molar-refractivity contribution is 6.30. The van der Waals surface area contributed by atoms with Crippen molar-refractivity contribution in [1.29, 1.82) is 0 Å². The van der Waals surface area contributed by atoms with Crippen molar-refractivity contribution in [3.05, 3.63) is 41.4 Å². The Hall–Kier alpha value is -2.21. The van der Waals surface area contributed by atoms with Crippen LogP contribution in [0.2, 0.25) is 5.02 Å². The lowest BCUT2D eigenvalue weighted by Crippen LogP contribution is -2.39. The summed E-state index contributed by atoms with van der Waals surface area (Å²) in [6.07, 6.45) is 2.87. The lowest BCUT2D eigenvalue weighted by atomic mass is 10.2. The Kier molecular flexibility index (Phi) is 7.13. The molecular formula is C20H26ClNO5. The molecule has 1 aliphatic rings. The predicted octanol–water partition coefficient (Wildman–Crippen LogP) is 4.22. The largest absolute Gasteiger partial charge is 0.488 e. The number of nitrogens with zero attached hydrogens (tertiary/aromatic N) is 1. The molecule has 1 aliphatic heterocycles. The summed E-state index contributed by atoms with van der Waals surface area (Å²) in [5, 5.41) is 0.624. The Morgan fingerprint density at radius 1 is 1.26 bits per heavy atom. The van der Waals surface area contributed by atoms with Gasteiger partial charge in [0.15, 0.2) is 0 Å². The summed E-state index contributed by atoms with van der Waals surface area (Å²) >= 11 is 5.90. The van der Waals surface area contributed by atoms with Gasteiger partial charge in [0.25, 0.3) is 0 Å². The first-order valence-corrected chi connectivity index (χ1v) is 9.32. The molecule has 2 atom stereocenters. The molecule has 0 unspecified atom stereocenters. The van der Waals surface area contributed by atoms with E-state index in [1.54, 1.807) is 42.2 Å². The lowest BCUT2D eigenvalue weighted by Gasteiger charge is -2.27. The number of amides is 1. The van der Waals surface area contributed by atoms with Gasteiger partial charge in [-0.05, 0) is 52.0 Å². The van der Waals surface area contributed by atoms with Crippen molar-refractivity contribution < 1.29 is 23.8 Å². The Morgan fingerprint density at radius 3 is 2.52 bits per heavy atom. The van der Waals surface area contributed by atoms with E-state index in [0.29, 0.717) is 30.3 Å². The maximum absolute atomic E-state index is 12.6. The fourth-order valence-corrected chi connectivity index (χ4v) is 2.84. The normalized spacial score (nSPS) is 20.0. The number of hydrogen-bond acceptors (Lipinski definition) is 5. The summed E-state index contributed by atoms with van der Waals surface area (Å²) in [6.45, 7) is 7.83. The van der Waals surface area contributed by atoms with E-state index < -0.39 is 17.7 Å². The Morgan fingerprint density at radius 2 is 1.93 bits per heavy atom. The molecule has 0 bridgehead atoms. The number of rotatable bonds is 5. The van der Waals surface area contributed by atoms with Crippen molar-refractivity contribution in [3.8, 4) is 5.75 Å². The SMILES string of the molecule is CCOC(=O)/C=C/[C@@H]1C[C@H](Oc2ccc(Cl)cc2)CN1C(=O)OC(C)(C)C. The van der Waals surface area contributed by atoms with Gasteiger partial charge in [0.05, 0.1) is 19.2 Å². The standard InChI is InChI=1S/C20H26ClNO5/c1-5-25-18(23)11-8-15-12-17(26-16-9-6-14(21)7-10-16)13-22(15)19(24)27-20(2,3)4/h6-11,15,17H,5,12-13H2,1-4H3/b11-8+/t15-,17+/m1/s1. The summed E-state index contributed by atoms with van der Waals surface area (Å²) in [4.78, 5) is 25.8. The minimum atomic E-state index is -0.610. The van der Waals surface area contributed by atoms with Crippen molar-refractivity contribution in [2.45, 2.75) is 51.9 Å². The van der Waals surface area contributed by atoms with E-state index in [9.17, 15) is 9.59 Å². The Bertz CT molecular complexity index is 681. The molecule has 1 aromatic rings. The zero-order valence-corrected chi connectivity index (χ0v) is 16.9. The summed E-state index contributed by atoms with van der Waals surface area (Å²) in [5.74, 6) is 0.229. The highest BCUT2D eigenvalue weighted by Gasteiger charge is 2.37. The molecule has 1 fully saturated rings. The van der Waals surface area contributed by atoms with Crippen LogP contribution in [0.1, 0.15) is 34.1 Å². The van der Waals surface area contributed by atoms with E-state index in [2.05, 4.69) is 0 Å². The topological polar surface area (TPSA) is 65.1 Å². The quantitative estimate of drug-likeness (QED) is 0.551. The minimum absolute atomic E-state index is 0.226. The second kappa shape index (κ2) is 9.13. The fraction of sp³-hybridized carbons (Fsp3) is 0.500. The number of benzene rings is 1. The minimum Gasteiger partial charge on any atom is -0.488 e. The summed E-state index contributed by atoms with van der Waals surface area (Å²) in [6, 6.07) is 6.73. The van der Waals surface area contributed by atoms with Crippen LogP contribution in [-0.2, 0) is 14.3 Å². The van der Waals surface area contributed by atoms with Gasteiger partial charge in [-0.25, -0.2) is 9.59 Å². The van der Waals surface area contributed by atoms with Gasteiger partial charge in [-0.1, -0.05) is 17.7 Å². The third-order valence-corrected chi connectivity index (χ3v) is 4.04. The van der Waals surface area contributed by atoms with Gasteiger partial charge in [-0.3, -0.25) is 4.90 Å². The van der Waals surface area contributed by atoms with Crippen molar-refractivity contribution in [2.24, 2.45) is 0 Å². The molecule has 148 valence electrons. The van der Waals surface area contributed by atoms with Crippen molar-refractivity contribution in [2.75, 3.05) is 13.2 Å². The molecule has 1 saturated heterocycles. The zero-order chi connectivity index (χ0) is 20.0. The Labute approximate surface area is 165 Å². The highest BCUT2D eigenvalue weighted by atomic mass is 35.5. The van der Waals surface area contributed by atoms with Crippen LogP contribution >= 0.6 is 11.6 Å². The monoisotopic (exact) mass is 395 g/mol. The third-order valence-electron chi connectivity index (χ3n) is 3.79. The first-order valence-electron chi connectivity index (χ1n) is 8.94. The number of carbonyl (C=O) groups is 2. The summed E-state index contributed by atoms with van der Waals surface area (Å²) in [7, 11) is 0. The van der Waals surface area contributed by atoms with Crippen LogP contribution in [0.3, 0.4) is 0 Å². The zero-order valence-electron chi connectivity index (χ0n) is 16.1. The van der Waals surface area contributed by atoms with Crippen LogP contribution in [0.15, 0.2) is 36.4 Å². The molecule has 7 heteroatoms. The van der Waals surface area contributed by atoms with Gasteiger partial charge in [0.1, 0.15) is 17.5 Å². The number of hydrogen-bond donors (Lipinski definition) is 0. The maximum Gasteiger partial charge on any atom is 0.410 e. The van der Waals surface area contributed by atoms with Gasteiger partial charge >= 0.3 is 12.1 Å².